The first-order valence-electron chi connectivity index (χ1n) is 7.78. The van der Waals surface area contributed by atoms with E-state index in [4.69, 9.17) is 0 Å². The van der Waals surface area contributed by atoms with E-state index in [-0.39, 0.29) is 11.2 Å². The summed E-state index contributed by atoms with van der Waals surface area (Å²) in [5.74, 6) is 0.241. The van der Waals surface area contributed by atoms with Gasteiger partial charge in [0.05, 0.1) is 5.25 Å². The van der Waals surface area contributed by atoms with Gasteiger partial charge in [0.15, 0.2) is 5.16 Å². The maximum Gasteiger partial charge on any atom is 0.236 e. The molecule has 1 aliphatic rings. The molecule has 0 unspecified atom stereocenters. The smallest absolute Gasteiger partial charge is 0.236 e. The Morgan fingerprint density at radius 3 is 2.91 bits per heavy atom. The first-order valence-corrected chi connectivity index (χ1v) is 8.66. The van der Waals surface area contributed by atoms with Crippen LogP contribution in [0.15, 0.2) is 47.9 Å². The summed E-state index contributed by atoms with van der Waals surface area (Å²) in [5, 5.41) is 0.938. The summed E-state index contributed by atoms with van der Waals surface area (Å²) in [5.41, 5.74) is 1.19. The van der Waals surface area contributed by atoms with Crippen LogP contribution in [0.3, 0.4) is 0 Å². The van der Waals surface area contributed by atoms with Crippen molar-refractivity contribution in [2.45, 2.75) is 43.3 Å². The number of hydrogen-bond acceptors (Lipinski definition) is 3. The molecule has 1 aliphatic heterocycles. The average molecular weight is 315 g/mol. The molecule has 2 aromatic rings. The van der Waals surface area contributed by atoms with Crippen LogP contribution in [0.4, 0.5) is 0 Å². The van der Waals surface area contributed by atoms with Crippen molar-refractivity contribution < 1.29 is 4.79 Å². The third-order valence-corrected chi connectivity index (χ3v) is 5.24. The zero-order valence-electron chi connectivity index (χ0n) is 12.8. The van der Waals surface area contributed by atoms with Crippen molar-refractivity contribution in [2.24, 2.45) is 0 Å². The molecule has 5 heteroatoms. The van der Waals surface area contributed by atoms with Gasteiger partial charge in [0.1, 0.15) is 0 Å². The van der Waals surface area contributed by atoms with Crippen molar-refractivity contribution in [3.8, 4) is 0 Å². The Labute approximate surface area is 135 Å². The van der Waals surface area contributed by atoms with Crippen LogP contribution >= 0.6 is 11.8 Å². The minimum absolute atomic E-state index is 0.00911. The number of rotatable bonds is 5. The zero-order chi connectivity index (χ0) is 15.4. The van der Waals surface area contributed by atoms with Crippen LogP contribution in [0.1, 0.15) is 25.3 Å². The van der Waals surface area contributed by atoms with Gasteiger partial charge < -0.3 is 9.47 Å². The van der Waals surface area contributed by atoms with Gasteiger partial charge in [-0.3, -0.25) is 4.79 Å². The van der Waals surface area contributed by atoms with E-state index >= 15 is 0 Å². The molecule has 1 saturated heterocycles. The summed E-state index contributed by atoms with van der Waals surface area (Å²) in [6, 6.07) is 10.2. The van der Waals surface area contributed by atoms with Crippen LogP contribution in [0.25, 0.3) is 0 Å². The number of imidazole rings is 1. The van der Waals surface area contributed by atoms with E-state index in [0.29, 0.717) is 6.54 Å². The van der Waals surface area contributed by atoms with E-state index < -0.39 is 0 Å². The van der Waals surface area contributed by atoms with Crippen LogP contribution in [-0.4, -0.2) is 32.2 Å². The van der Waals surface area contributed by atoms with E-state index in [9.17, 15) is 4.79 Å². The number of hydrogen-bond donors (Lipinski definition) is 0. The van der Waals surface area contributed by atoms with E-state index in [1.54, 1.807) is 18.0 Å². The van der Waals surface area contributed by atoms with E-state index in [0.717, 1.165) is 31.1 Å². The van der Waals surface area contributed by atoms with Crippen molar-refractivity contribution in [1.29, 1.82) is 0 Å². The second-order valence-electron chi connectivity index (χ2n) is 5.49. The third kappa shape index (κ3) is 3.35. The Hall–Kier alpha value is -1.75. The predicted molar refractivity (Wildman–Crippen MR) is 88.6 cm³/mol. The number of amides is 1. The molecule has 2 heterocycles. The Bertz CT molecular complexity index is 626. The van der Waals surface area contributed by atoms with Crippen LogP contribution < -0.4 is 0 Å². The summed E-state index contributed by atoms with van der Waals surface area (Å²) < 4.78 is 2.09. The standard InChI is InChI=1S/C17H21N3OS/c1-2-19-12-10-18-17(19)22-15-9-6-11-20(16(15)21)13-14-7-4-3-5-8-14/h3-5,7-8,10,12,15H,2,6,9,11,13H2,1H3/t15-/m1/s1. The number of benzene rings is 1. The average Bonchev–Trinajstić information content (AvgIpc) is 2.99. The van der Waals surface area contributed by atoms with Crippen molar-refractivity contribution in [3.05, 3.63) is 48.3 Å². The van der Waals surface area contributed by atoms with Gasteiger partial charge in [0.2, 0.25) is 5.91 Å². The Kier molecular flexibility index (Phi) is 4.83. The number of carbonyl (C=O) groups is 1. The second kappa shape index (κ2) is 7.01. The van der Waals surface area contributed by atoms with Gasteiger partial charge in [0, 0.05) is 32.0 Å². The van der Waals surface area contributed by atoms with Crippen molar-refractivity contribution in [1.82, 2.24) is 14.5 Å². The van der Waals surface area contributed by atoms with E-state index in [1.165, 1.54) is 5.56 Å². The number of piperidine rings is 1. The largest absolute Gasteiger partial charge is 0.337 e. The lowest BCUT2D eigenvalue weighted by Crippen LogP contribution is -2.42. The van der Waals surface area contributed by atoms with Crippen LogP contribution in [0.5, 0.6) is 0 Å². The molecule has 0 saturated carbocycles. The lowest BCUT2D eigenvalue weighted by molar-refractivity contribution is -0.133. The fourth-order valence-electron chi connectivity index (χ4n) is 2.76. The number of aromatic nitrogens is 2. The molecule has 1 amide bonds. The SMILES string of the molecule is CCn1ccnc1S[C@@H]1CCCN(Cc2ccccc2)C1=O. The Morgan fingerprint density at radius 1 is 1.32 bits per heavy atom. The summed E-state index contributed by atoms with van der Waals surface area (Å²) in [6.07, 6.45) is 5.77. The minimum Gasteiger partial charge on any atom is -0.337 e. The highest BCUT2D eigenvalue weighted by atomic mass is 32.2. The molecule has 116 valence electrons. The van der Waals surface area contributed by atoms with Crippen molar-refractivity contribution in [3.63, 3.8) is 0 Å². The molecule has 0 aliphatic carbocycles. The summed E-state index contributed by atoms with van der Waals surface area (Å²) in [6.45, 7) is 4.54. The molecule has 0 radical (unpaired) electrons. The lowest BCUT2D eigenvalue weighted by Gasteiger charge is -2.31. The normalized spacial score (nSPS) is 18.7. The molecule has 1 fully saturated rings. The fourth-order valence-corrected chi connectivity index (χ4v) is 3.99. The highest BCUT2D eigenvalue weighted by Gasteiger charge is 2.30. The van der Waals surface area contributed by atoms with Crippen LogP contribution in [0.2, 0.25) is 0 Å². The van der Waals surface area contributed by atoms with Gasteiger partial charge in [-0.2, -0.15) is 0 Å². The van der Waals surface area contributed by atoms with Gasteiger partial charge in [0.25, 0.3) is 0 Å². The van der Waals surface area contributed by atoms with Crippen LogP contribution in [-0.2, 0) is 17.9 Å². The molecular weight excluding hydrogens is 294 g/mol. The van der Waals surface area contributed by atoms with Gasteiger partial charge >= 0.3 is 0 Å². The Balaban J connectivity index is 1.67. The second-order valence-corrected chi connectivity index (χ2v) is 6.66. The maximum atomic E-state index is 12.7. The molecular formula is C17H21N3OS. The van der Waals surface area contributed by atoms with Crippen molar-refractivity contribution >= 4 is 17.7 Å². The number of thioether (sulfide) groups is 1. The maximum absolute atomic E-state index is 12.7. The molecule has 0 spiro atoms. The molecule has 3 rings (SSSR count). The summed E-state index contributed by atoms with van der Waals surface area (Å²) in [7, 11) is 0. The molecule has 0 bridgehead atoms. The van der Waals surface area contributed by atoms with Crippen molar-refractivity contribution in [2.75, 3.05) is 6.54 Å². The zero-order valence-corrected chi connectivity index (χ0v) is 13.6. The summed E-state index contributed by atoms with van der Waals surface area (Å²) in [4.78, 5) is 19.1. The van der Waals surface area contributed by atoms with Crippen LogP contribution in [0, 0.1) is 0 Å². The number of aryl methyl sites for hydroxylation is 1. The molecule has 0 N–H and O–H groups in total. The molecule has 1 atom stereocenters. The number of likely N-dealkylation sites (tertiary alicyclic amines) is 1. The van der Waals surface area contributed by atoms with Gasteiger partial charge in [-0.15, -0.1) is 0 Å². The number of nitrogens with zero attached hydrogens (tertiary/aromatic N) is 3. The molecule has 1 aromatic carbocycles. The van der Waals surface area contributed by atoms with Gasteiger partial charge in [-0.1, -0.05) is 42.1 Å². The first kappa shape index (κ1) is 15.2. The highest BCUT2D eigenvalue weighted by Crippen LogP contribution is 2.30. The lowest BCUT2D eigenvalue weighted by atomic mass is 10.1. The van der Waals surface area contributed by atoms with Gasteiger partial charge in [-0.05, 0) is 25.3 Å². The number of carbonyl (C=O) groups excluding carboxylic acids is 1. The quantitative estimate of drug-likeness (QED) is 0.850. The fraction of sp³-hybridized carbons (Fsp3) is 0.412. The summed E-state index contributed by atoms with van der Waals surface area (Å²) >= 11 is 1.61. The topological polar surface area (TPSA) is 38.1 Å². The first-order chi connectivity index (χ1) is 10.8. The minimum atomic E-state index is -0.00911. The molecule has 22 heavy (non-hydrogen) atoms. The monoisotopic (exact) mass is 315 g/mol. The molecule has 1 aromatic heterocycles. The third-order valence-electron chi connectivity index (χ3n) is 3.96. The predicted octanol–water partition coefficient (Wildman–Crippen LogP) is 3.19. The Morgan fingerprint density at radius 2 is 2.14 bits per heavy atom. The van der Waals surface area contributed by atoms with Gasteiger partial charge in [-0.25, -0.2) is 4.98 Å². The molecule has 4 nitrogen and oxygen atoms in total. The highest BCUT2D eigenvalue weighted by molar-refractivity contribution is 8.00. The van der Waals surface area contributed by atoms with E-state index in [1.807, 2.05) is 29.3 Å². The van der Waals surface area contributed by atoms with E-state index in [2.05, 4.69) is 28.6 Å².